The number of nitrogens with zero attached hydrogens (tertiary/aromatic N) is 3. The fourth-order valence-electron chi connectivity index (χ4n) is 17.9. The van der Waals surface area contributed by atoms with Gasteiger partial charge in [0.25, 0.3) is 6.71 Å². The molecule has 0 bridgehead atoms. The third-order valence-corrected chi connectivity index (χ3v) is 23.6. The van der Waals surface area contributed by atoms with Gasteiger partial charge < -0.3 is 14.7 Å². The summed E-state index contributed by atoms with van der Waals surface area (Å²) in [5.74, 6) is 0. The Bertz CT molecular complexity index is 3940. The van der Waals surface area contributed by atoms with Gasteiger partial charge in [-0.2, -0.15) is 0 Å². The van der Waals surface area contributed by atoms with Crippen molar-refractivity contribution in [3.05, 3.63) is 160 Å². The van der Waals surface area contributed by atoms with Crippen LogP contribution >= 0.6 is 11.3 Å². The quantitative estimate of drug-likeness (QED) is 0.163. The summed E-state index contributed by atoms with van der Waals surface area (Å²) >= 11 is 1.92. The van der Waals surface area contributed by atoms with E-state index in [1.807, 2.05) is 11.3 Å². The number of hydrogen-bond donors (Lipinski definition) is 0. The van der Waals surface area contributed by atoms with Crippen LogP contribution in [0.25, 0.3) is 20.2 Å². The fourth-order valence-corrected chi connectivity index (χ4v) is 18.9. The highest BCUT2D eigenvalue weighted by Crippen LogP contribution is 2.63. The normalized spacial score (nSPS) is 24.7. The smallest absolute Gasteiger partial charge is 0.252 e. The molecule has 3 nitrogen and oxygen atoms in total. The molecular formula is C73H80BN3S. The maximum Gasteiger partial charge on any atom is 0.252 e. The first-order valence-corrected chi connectivity index (χ1v) is 30.8. The summed E-state index contributed by atoms with van der Waals surface area (Å²) in [5.41, 5.74) is 25.6. The predicted octanol–water partition coefficient (Wildman–Crippen LogP) is 18.5. The maximum atomic E-state index is 2.86. The Labute approximate surface area is 470 Å². The molecule has 396 valence electrons. The molecule has 15 rings (SSSR count). The lowest BCUT2D eigenvalue weighted by Crippen LogP contribution is -2.62. The van der Waals surface area contributed by atoms with Gasteiger partial charge in [0.2, 0.25) is 0 Å². The van der Waals surface area contributed by atoms with Crippen molar-refractivity contribution in [3.8, 4) is 0 Å². The van der Waals surface area contributed by atoms with Crippen LogP contribution in [0, 0.1) is 0 Å². The number of hydrogen-bond acceptors (Lipinski definition) is 4. The summed E-state index contributed by atoms with van der Waals surface area (Å²) in [7, 11) is 0. The molecule has 0 saturated heterocycles. The molecule has 2 unspecified atom stereocenters. The Kier molecular flexibility index (Phi) is 9.83. The van der Waals surface area contributed by atoms with Crippen LogP contribution in [0.15, 0.2) is 121 Å². The number of fused-ring (bicyclic) bond motifs is 13. The van der Waals surface area contributed by atoms with Gasteiger partial charge in [0.05, 0.1) is 5.54 Å². The van der Waals surface area contributed by atoms with Gasteiger partial charge in [-0.1, -0.05) is 157 Å². The molecule has 78 heavy (non-hydrogen) atoms. The van der Waals surface area contributed by atoms with Gasteiger partial charge in [-0.25, -0.2) is 0 Å². The van der Waals surface area contributed by atoms with Gasteiger partial charge in [-0.15, -0.1) is 11.3 Å². The second kappa shape index (κ2) is 15.6. The molecule has 1 saturated carbocycles. The molecule has 1 aromatic heterocycles. The molecule has 8 aromatic rings. The standard InChI is InChI=1S/C73H80BN3S/c1-66(2)31-32-67(3,4)51-36-45(25-27-49(51)66)76-59-41-54-52(68(5,6)33-34-69(54,7)8)39-56(59)74-57-40-53-55(71(11,12)43-70(53,9)10)42-60(57)75(44-26-28-64-48(35-44)47-21-15-18-24-63(47)78-64)61-37-46(38-62(76)65(61)74)77-58-23-17-16-22-50(58)72(13)29-19-20-30-73(72,77)14/h15-18,21-28,35-42H,19-20,29-34,43H2,1-14H3. The van der Waals surface area contributed by atoms with E-state index in [0.717, 1.165) is 12.8 Å². The summed E-state index contributed by atoms with van der Waals surface area (Å²) in [6, 6.07) is 50.0. The molecule has 4 aliphatic carbocycles. The SMILES string of the molecule is CC1(C)CCC(C)(C)c2cc(N3c4cc5c(cc4B4c6cc7c(cc6N(c6ccc8sc9ccccc9c8c6)c6cc(N8c9ccccc9C9(C)CCCCC89C)cc3c64)C(C)(C)CC7(C)C)C(C)(C)CCC5(C)C)ccc21. The van der Waals surface area contributed by atoms with E-state index in [0.29, 0.717) is 0 Å². The van der Waals surface area contributed by atoms with Crippen LogP contribution in [0.1, 0.15) is 194 Å². The number of rotatable bonds is 3. The van der Waals surface area contributed by atoms with E-state index in [9.17, 15) is 0 Å². The summed E-state index contributed by atoms with van der Waals surface area (Å²) in [6.45, 7) is 35.3. The third-order valence-electron chi connectivity index (χ3n) is 22.5. The van der Waals surface area contributed by atoms with Gasteiger partial charge >= 0.3 is 0 Å². The van der Waals surface area contributed by atoms with Crippen molar-refractivity contribution in [2.45, 2.75) is 198 Å². The third kappa shape index (κ3) is 6.46. The lowest BCUT2D eigenvalue weighted by molar-refractivity contribution is 0.195. The number of benzene rings is 7. The van der Waals surface area contributed by atoms with Crippen molar-refractivity contribution < 1.29 is 0 Å². The highest BCUT2D eigenvalue weighted by atomic mass is 32.1. The van der Waals surface area contributed by atoms with Gasteiger partial charge in [0, 0.05) is 71.1 Å². The van der Waals surface area contributed by atoms with Gasteiger partial charge in [0.15, 0.2) is 0 Å². The van der Waals surface area contributed by atoms with Crippen LogP contribution < -0.4 is 31.1 Å². The molecule has 0 N–H and O–H groups in total. The van der Waals surface area contributed by atoms with Crippen LogP contribution in [-0.4, -0.2) is 12.3 Å². The summed E-state index contributed by atoms with van der Waals surface area (Å²) in [5, 5.41) is 2.68. The molecule has 0 amide bonds. The summed E-state index contributed by atoms with van der Waals surface area (Å²) in [6.07, 6.45) is 10.7. The van der Waals surface area contributed by atoms with E-state index >= 15 is 0 Å². The Hall–Kier alpha value is -5.78. The van der Waals surface area contributed by atoms with Crippen molar-refractivity contribution in [2.24, 2.45) is 0 Å². The Morgan fingerprint density at radius 1 is 0.372 bits per heavy atom. The molecule has 0 radical (unpaired) electrons. The van der Waals surface area contributed by atoms with Crippen LogP contribution in [0.3, 0.4) is 0 Å². The van der Waals surface area contributed by atoms with Gasteiger partial charge in [-0.05, 0) is 206 Å². The minimum Gasteiger partial charge on any atom is -0.334 e. The Morgan fingerprint density at radius 2 is 0.872 bits per heavy atom. The van der Waals surface area contributed by atoms with E-state index in [1.165, 1.54) is 166 Å². The van der Waals surface area contributed by atoms with Crippen molar-refractivity contribution in [3.63, 3.8) is 0 Å². The zero-order valence-corrected chi connectivity index (χ0v) is 50.1. The average Bonchev–Trinajstić information content (AvgIpc) is 2.58. The highest BCUT2D eigenvalue weighted by Gasteiger charge is 2.58. The van der Waals surface area contributed by atoms with Crippen LogP contribution in [0.4, 0.5) is 45.5 Å². The second-order valence-corrected chi connectivity index (χ2v) is 31.2. The molecule has 0 spiro atoms. The van der Waals surface area contributed by atoms with Gasteiger partial charge in [-0.3, -0.25) is 0 Å². The molecule has 7 aromatic carbocycles. The van der Waals surface area contributed by atoms with Crippen molar-refractivity contribution in [2.75, 3.05) is 14.7 Å². The van der Waals surface area contributed by atoms with E-state index < -0.39 is 0 Å². The van der Waals surface area contributed by atoms with E-state index in [1.54, 1.807) is 0 Å². The topological polar surface area (TPSA) is 9.72 Å². The Balaban J connectivity index is 1.11. The van der Waals surface area contributed by atoms with E-state index in [4.69, 9.17) is 0 Å². The zero-order chi connectivity index (χ0) is 54.2. The van der Waals surface area contributed by atoms with Gasteiger partial charge in [0.1, 0.15) is 0 Å². The van der Waals surface area contributed by atoms with Crippen molar-refractivity contribution >= 4 is 100 Å². The largest absolute Gasteiger partial charge is 0.334 e. The van der Waals surface area contributed by atoms with E-state index in [-0.39, 0.29) is 50.2 Å². The first kappa shape index (κ1) is 49.3. The molecule has 4 heterocycles. The molecule has 5 heteroatoms. The van der Waals surface area contributed by atoms with Crippen LogP contribution in [-0.2, 0) is 37.9 Å². The monoisotopic (exact) mass is 1040 g/mol. The first-order chi connectivity index (χ1) is 36.8. The maximum absolute atomic E-state index is 2.86. The van der Waals surface area contributed by atoms with Crippen molar-refractivity contribution in [1.82, 2.24) is 0 Å². The minimum absolute atomic E-state index is 0.00833. The molecular weight excluding hydrogens is 962 g/mol. The van der Waals surface area contributed by atoms with Crippen LogP contribution in [0.2, 0.25) is 0 Å². The zero-order valence-electron chi connectivity index (χ0n) is 49.2. The molecule has 1 fully saturated rings. The summed E-state index contributed by atoms with van der Waals surface area (Å²) < 4.78 is 2.69. The Morgan fingerprint density at radius 3 is 1.53 bits per heavy atom. The lowest BCUT2D eigenvalue weighted by Gasteiger charge is -2.51. The second-order valence-electron chi connectivity index (χ2n) is 30.1. The predicted molar refractivity (Wildman–Crippen MR) is 337 cm³/mol. The highest BCUT2D eigenvalue weighted by molar-refractivity contribution is 7.25. The minimum atomic E-state index is -0.120. The number of anilines is 8. The molecule has 3 aliphatic heterocycles. The molecule has 7 aliphatic rings. The van der Waals surface area contributed by atoms with E-state index in [2.05, 4.69) is 233 Å². The number of para-hydroxylation sites is 1. The fraction of sp³-hybridized carbons (Fsp3) is 0.425. The van der Waals surface area contributed by atoms with Crippen molar-refractivity contribution in [1.29, 1.82) is 0 Å². The summed E-state index contributed by atoms with van der Waals surface area (Å²) in [4.78, 5) is 8.42. The average molecular weight is 1040 g/mol. The van der Waals surface area contributed by atoms with Crippen LogP contribution in [0.5, 0.6) is 0 Å². The number of thiophene rings is 1. The lowest BCUT2D eigenvalue weighted by atomic mass is 9.33. The first-order valence-electron chi connectivity index (χ1n) is 30.0. The molecule has 2 atom stereocenters.